The van der Waals surface area contributed by atoms with Crippen LogP contribution in [0.15, 0.2) is 29.2 Å². The van der Waals surface area contributed by atoms with Gasteiger partial charge in [-0.25, -0.2) is 13.6 Å². The highest BCUT2D eigenvalue weighted by molar-refractivity contribution is 7.89. The summed E-state index contributed by atoms with van der Waals surface area (Å²) >= 11 is 11.8. The number of benzene rings is 2. The third-order valence-electron chi connectivity index (χ3n) is 2.48. The Bertz CT molecular complexity index is 711. The number of halogens is 2. The molecule has 0 aliphatic rings. The maximum Gasteiger partial charge on any atom is 0.238 e. The van der Waals surface area contributed by atoms with E-state index in [0.29, 0.717) is 21.0 Å². The molecule has 90 valence electrons. The van der Waals surface area contributed by atoms with Gasteiger partial charge >= 0.3 is 0 Å². The first-order valence-electron chi connectivity index (χ1n) is 4.71. The number of hydrogen-bond acceptors (Lipinski definition) is 2. The molecule has 2 aromatic rings. The Morgan fingerprint density at radius 1 is 1.00 bits per heavy atom. The van der Waals surface area contributed by atoms with Gasteiger partial charge in [0.15, 0.2) is 0 Å². The summed E-state index contributed by atoms with van der Waals surface area (Å²) in [5.41, 5.74) is 0.582. The van der Waals surface area contributed by atoms with Crippen LogP contribution in [0.4, 0.5) is 0 Å². The second-order valence-corrected chi connectivity index (χ2v) is 6.12. The molecule has 0 atom stereocenters. The van der Waals surface area contributed by atoms with Gasteiger partial charge in [0.05, 0.1) is 14.9 Å². The molecule has 0 bridgehead atoms. The van der Waals surface area contributed by atoms with Gasteiger partial charge in [0.25, 0.3) is 0 Å². The molecule has 0 spiro atoms. The highest BCUT2D eigenvalue weighted by Gasteiger charge is 2.13. The van der Waals surface area contributed by atoms with Crippen LogP contribution < -0.4 is 5.14 Å². The summed E-state index contributed by atoms with van der Waals surface area (Å²) in [6.07, 6.45) is 0. The van der Waals surface area contributed by atoms with Crippen LogP contribution in [-0.4, -0.2) is 8.42 Å². The second kappa shape index (κ2) is 4.14. The fourth-order valence-electron chi connectivity index (χ4n) is 1.69. The van der Waals surface area contributed by atoms with Crippen molar-refractivity contribution < 1.29 is 8.42 Å². The molecule has 0 radical (unpaired) electrons. The molecule has 0 saturated heterocycles. The molecule has 17 heavy (non-hydrogen) atoms. The molecular formula is C11H9Cl2NO2S. The minimum absolute atomic E-state index is 0.100. The van der Waals surface area contributed by atoms with Crippen LogP contribution in [0.2, 0.25) is 10.0 Å². The van der Waals surface area contributed by atoms with Crippen molar-refractivity contribution in [2.24, 2.45) is 5.14 Å². The van der Waals surface area contributed by atoms with Gasteiger partial charge in [-0.15, -0.1) is 0 Å². The molecular weight excluding hydrogens is 281 g/mol. The highest BCUT2D eigenvalue weighted by Crippen LogP contribution is 2.30. The molecule has 0 saturated carbocycles. The van der Waals surface area contributed by atoms with Gasteiger partial charge in [-0.3, -0.25) is 0 Å². The Kier molecular flexibility index (Phi) is 3.08. The van der Waals surface area contributed by atoms with Crippen LogP contribution in [0.3, 0.4) is 0 Å². The standard InChI is InChI=1S/C11H9Cl2NO2S/c1-6-2-7-3-9(12)10(13)4-8(7)5-11(6)17(14,15)16/h2-5H,1H3,(H2,14,15,16). The number of sulfonamides is 1. The quantitative estimate of drug-likeness (QED) is 0.877. The van der Waals surface area contributed by atoms with Crippen LogP contribution >= 0.6 is 23.2 Å². The zero-order valence-electron chi connectivity index (χ0n) is 8.87. The third-order valence-corrected chi connectivity index (χ3v) is 4.25. The molecule has 0 fully saturated rings. The molecule has 0 aromatic heterocycles. The van der Waals surface area contributed by atoms with Crippen molar-refractivity contribution in [1.29, 1.82) is 0 Å². The minimum Gasteiger partial charge on any atom is -0.225 e. The average molecular weight is 290 g/mol. The van der Waals surface area contributed by atoms with Gasteiger partial charge in [0.1, 0.15) is 0 Å². The SMILES string of the molecule is Cc1cc2cc(Cl)c(Cl)cc2cc1S(N)(=O)=O. The maximum absolute atomic E-state index is 11.4. The van der Waals surface area contributed by atoms with Crippen LogP contribution in [0, 0.1) is 6.92 Å². The van der Waals surface area contributed by atoms with Crippen LogP contribution in [0.5, 0.6) is 0 Å². The second-order valence-electron chi connectivity index (χ2n) is 3.78. The molecule has 2 rings (SSSR count). The van der Waals surface area contributed by atoms with E-state index < -0.39 is 10.0 Å². The van der Waals surface area contributed by atoms with E-state index in [0.717, 1.165) is 5.39 Å². The highest BCUT2D eigenvalue weighted by atomic mass is 35.5. The van der Waals surface area contributed by atoms with E-state index in [1.165, 1.54) is 6.07 Å². The Hall–Kier alpha value is -0.810. The number of rotatable bonds is 1. The molecule has 2 aromatic carbocycles. The summed E-state index contributed by atoms with van der Waals surface area (Å²) in [4.78, 5) is 0.100. The molecule has 6 heteroatoms. The van der Waals surface area contributed by atoms with Crippen molar-refractivity contribution in [3.63, 3.8) is 0 Å². The predicted molar refractivity (Wildman–Crippen MR) is 70.1 cm³/mol. The van der Waals surface area contributed by atoms with Crippen molar-refractivity contribution in [2.45, 2.75) is 11.8 Å². The largest absolute Gasteiger partial charge is 0.238 e. The zero-order valence-corrected chi connectivity index (χ0v) is 11.2. The summed E-state index contributed by atoms with van der Waals surface area (Å²) in [7, 11) is -3.72. The first-order valence-corrected chi connectivity index (χ1v) is 7.01. The van der Waals surface area contributed by atoms with E-state index in [2.05, 4.69) is 0 Å². The Morgan fingerprint density at radius 2 is 1.47 bits per heavy atom. The van der Waals surface area contributed by atoms with Crippen molar-refractivity contribution in [1.82, 2.24) is 0 Å². The summed E-state index contributed by atoms with van der Waals surface area (Å²) < 4.78 is 22.7. The van der Waals surface area contributed by atoms with Crippen LogP contribution in [-0.2, 0) is 10.0 Å². The molecule has 0 aliphatic carbocycles. The van der Waals surface area contributed by atoms with Gasteiger partial charge in [0.2, 0.25) is 10.0 Å². The third kappa shape index (κ3) is 2.40. The number of primary sulfonamides is 1. The van der Waals surface area contributed by atoms with Crippen molar-refractivity contribution in [3.05, 3.63) is 39.9 Å². The first-order chi connectivity index (χ1) is 7.79. The van der Waals surface area contributed by atoms with Gasteiger partial charge in [-0.05, 0) is 41.5 Å². The van der Waals surface area contributed by atoms with Crippen LogP contribution in [0.25, 0.3) is 10.8 Å². The fraction of sp³-hybridized carbons (Fsp3) is 0.0909. The first kappa shape index (κ1) is 12.6. The van der Waals surface area contributed by atoms with Gasteiger partial charge in [-0.1, -0.05) is 29.3 Å². The van der Waals surface area contributed by atoms with E-state index in [4.69, 9.17) is 28.3 Å². The van der Waals surface area contributed by atoms with E-state index >= 15 is 0 Å². The van der Waals surface area contributed by atoms with Crippen molar-refractivity contribution in [3.8, 4) is 0 Å². The van der Waals surface area contributed by atoms with Crippen molar-refractivity contribution in [2.75, 3.05) is 0 Å². The molecule has 3 nitrogen and oxygen atoms in total. The Morgan fingerprint density at radius 3 is 1.94 bits per heavy atom. The zero-order chi connectivity index (χ0) is 12.8. The summed E-state index contributed by atoms with van der Waals surface area (Å²) in [5.74, 6) is 0. The lowest BCUT2D eigenvalue weighted by Gasteiger charge is -2.07. The molecule has 0 heterocycles. The van der Waals surface area contributed by atoms with Gasteiger partial charge in [0, 0.05) is 0 Å². The number of fused-ring (bicyclic) bond motifs is 1. The Labute approximate surface area is 109 Å². The number of nitrogens with two attached hydrogens (primary N) is 1. The molecule has 0 amide bonds. The van der Waals surface area contributed by atoms with Gasteiger partial charge < -0.3 is 0 Å². The molecule has 2 N–H and O–H groups in total. The smallest absolute Gasteiger partial charge is 0.225 e. The predicted octanol–water partition coefficient (Wildman–Crippen LogP) is 3.10. The van der Waals surface area contributed by atoms with Gasteiger partial charge in [-0.2, -0.15) is 0 Å². The topological polar surface area (TPSA) is 60.2 Å². The maximum atomic E-state index is 11.4. The van der Waals surface area contributed by atoms with Crippen molar-refractivity contribution >= 4 is 44.0 Å². The average Bonchev–Trinajstić information content (AvgIpc) is 2.18. The van der Waals surface area contributed by atoms with E-state index in [1.54, 1.807) is 25.1 Å². The number of hydrogen-bond donors (Lipinski definition) is 1. The molecule has 0 aliphatic heterocycles. The lowest BCUT2D eigenvalue weighted by Crippen LogP contribution is -2.13. The number of aryl methyl sites for hydroxylation is 1. The molecule has 0 unspecified atom stereocenters. The monoisotopic (exact) mass is 289 g/mol. The Balaban J connectivity index is 2.86. The minimum atomic E-state index is -3.72. The fourth-order valence-corrected chi connectivity index (χ4v) is 2.84. The summed E-state index contributed by atoms with van der Waals surface area (Å²) in [6, 6.07) is 6.53. The van der Waals surface area contributed by atoms with Crippen LogP contribution in [0.1, 0.15) is 5.56 Å². The normalized spacial score (nSPS) is 12.0. The van der Waals surface area contributed by atoms with E-state index in [9.17, 15) is 8.42 Å². The lowest BCUT2D eigenvalue weighted by molar-refractivity contribution is 0.597. The summed E-state index contributed by atoms with van der Waals surface area (Å²) in [6.45, 7) is 1.68. The summed E-state index contributed by atoms with van der Waals surface area (Å²) in [5, 5.41) is 7.45. The van der Waals surface area contributed by atoms with E-state index in [1.807, 2.05) is 0 Å². The van der Waals surface area contributed by atoms with E-state index in [-0.39, 0.29) is 4.90 Å². The lowest BCUT2D eigenvalue weighted by atomic mass is 10.1.